The highest BCUT2D eigenvalue weighted by Gasteiger charge is 2.16. The molecule has 0 unspecified atom stereocenters. The van der Waals surface area contributed by atoms with Gasteiger partial charge in [-0.3, -0.25) is 4.79 Å². The second-order valence-electron chi connectivity index (χ2n) is 5.24. The fourth-order valence-corrected chi connectivity index (χ4v) is 3.71. The maximum Gasteiger partial charge on any atom is 0.265 e. The summed E-state index contributed by atoms with van der Waals surface area (Å²) in [4.78, 5) is 14.2. The van der Waals surface area contributed by atoms with Gasteiger partial charge in [-0.25, -0.2) is 4.39 Å². The van der Waals surface area contributed by atoms with Crippen LogP contribution in [0.15, 0.2) is 24.3 Å². The van der Waals surface area contributed by atoms with Gasteiger partial charge in [0.2, 0.25) is 0 Å². The lowest BCUT2D eigenvalue weighted by Crippen LogP contribution is -2.10. The first kappa shape index (κ1) is 14.1. The van der Waals surface area contributed by atoms with E-state index >= 15 is 0 Å². The van der Waals surface area contributed by atoms with Gasteiger partial charge >= 0.3 is 0 Å². The molecule has 1 aliphatic carbocycles. The third-order valence-electron chi connectivity index (χ3n) is 3.68. The molecule has 3 nitrogen and oxygen atoms in total. The first-order valence-electron chi connectivity index (χ1n) is 7.05. The van der Waals surface area contributed by atoms with Gasteiger partial charge in [0.1, 0.15) is 0 Å². The first-order chi connectivity index (χ1) is 10.1. The number of phenols is 1. The van der Waals surface area contributed by atoms with Crippen LogP contribution in [0, 0.1) is 5.82 Å². The topological polar surface area (TPSA) is 49.3 Å². The number of halogens is 1. The summed E-state index contributed by atoms with van der Waals surface area (Å²) in [5, 5.41) is 11.8. The Morgan fingerprint density at radius 3 is 2.81 bits per heavy atom. The minimum Gasteiger partial charge on any atom is -0.505 e. The average Bonchev–Trinajstić information content (AvgIpc) is 2.74. The van der Waals surface area contributed by atoms with Crippen molar-refractivity contribution in [3.63, 3.8) is 0 Å². The van der Waals surface area contributed by atoms with Crippen LogP contribution in [0.1, 0.15) is 39.4 Å². The van der Waals surface area contributed by atoms with Gasteiger partial charge in [0, 0.05) is 16.6 Å². The van der Waals surface area contributed by atoms with Gasteiger partial charge in [-0.2, -0.15) is 0 Å². The predicted octanol–water partition coefficient (Wildman–Crippen LogP) is 4.11. The van der Waals surface area contributed by atoms with Crippen LogP contribution < -0.4 is 5.32 Å². The Hall–Kier alpha value is -1.88. The molecular weight excluding hydrogens is 289 g/mol. The summed E-state index contributed by atoms with van der Waals surface area (Å²) in [6, 6.07) is 5.78. The van der Waals surface area contributed by atoms with Crippen LogP contribution in [-0.4, -0.2) is 11.0 Å². The van der Waals surface area contributed by atoms with E-state index in [0.29, 0.717) is 10.6 Å². The molecule has 0 spiro atoms. The lowest BCUT2D eigenvalue weighted by Gasteiger charge is -2.04. The number of phenolic OH excluding ortho intramolecular Hbond substituents is 1. The number of carbonyl (C=O) groups excluding carboxylic acids is 1. The molecule has 3 rings (SSSR count). The summed E-state index contributed by atoms with van der Waals surface area (Å²) < 4.78 is 13.3. The van der Waals surface area contributed by atoms with E-state index < -0.39 is 11.6 Å². The van der Waals surface area contributed by atoms with E-state index in [4.69, 9.17) is 5.11 Å². The van der Waals surface area contributed by atoms with Crippen LogP contribution in [-0.2, 0) is 12.8 Å². The summed E-state index contributed by atoms with van der Waals surface area (Å²) in [7, 11) is 0. The molecule has 0 bridgehead atoms. The Morgan fingerprint density at radius 1 is 1.19 bits per heavy atom. The summed E-state index contributed by atoms with van der Waals surface area (Å²) >= 11 is 1.53. The van der Waals surface area contributed by atoms with E-state index in [9.17, 15) is 9.18 Å². The molecule has 0 aliphatic heterocycles. The largest absolute Gasteiger partial charge is 0.505 e. The number of amides is 1. The molecule has 0 atom stereocenters. The molecule has 21 heavy (non-hydrogen) atoms. The second kappa shape index (κ2) is 5.85. The van der Waals surface area contributed by atoms with Crippen molar-refractivity contribution in [1.82, 2.24) is 0 Å². The van der Waals surface area contributed by atoms with E-state index in [1.54, 1.807) is 0 Å². The van der Waals surface area contributed by atoms with Crippen molar-refractivity contribution < 1.29 is 14.3 Å². The molecular formula is C16H16FNO2S. The molecule has 0 radical (unpaired) electrons. The van der Waals surface area contributed by atoms with Gasteiger partial charge in [0.25, 0.3) is 5.91 Å². The van der Waals surface area contributed by atoms with E-state index in [-0.39, 0.29) is 5.91 Å². The summed E-state index contributed by atoms with van der Waals surface area (Å²) in [6.07, 6.45) is 5.68. The number of fused-ring (bicyclic) bond motifs is 1. The predicted molar refractivity (Wildman–Crippen MR) is 81.6 cm³/mol. The number of rotatable bonds is 2. The van der Waals surface area contributed by atoms with Crippen LogP contribution in [0.5, 0.6) is 5.75 Å². The molecule has 1 aliphatic rings. The molecule has 0 saturated heterocycles. The number of hydrogen-bond acceptors (Lipinski definition) is 3. The Labute approximate surface area is 126 Å². The monoisotopic (exact) mass is 305 g/mol. The fourth-order valence-electron chi connectivity index (χ4n) is 2.56. The molecule has 2 aromatic rings. The SMILES string of the molecule is O=C(Nc1ccc(O)c(F)c1)c1cc2c(s1)CCCCC2. The van der Waals surface area contributed by atoms with Gasteiger partial charge in [0.15, 0.2) is 11.6 Å². The third kappa shape index (κ3) is 3.08. The average molecular weight is 305 g/mol. The van der Waals surface area contributed by atoms with E-state index in [1.165, 1.54) is 53.2 Å². The lowest BCUT2D eigenvalue weighted by molar-refractivity contribution is 0.103. The minimum atomic E-state index is -0.741. The molecule has 0 fully saturated rings. The van der Waals surface area contributed by atoms with Crippen LogP contribution >= 0.6 is 11.3 Å². The van der Waals surface area contributed by atoms with Crippen molar-refractivity contribution in [2.45, 2.75) is 32.1 Å². The number of hydrogen-bond donors (Lipinski definition) is 2. The molecule has 1 heterocycles. The Kier molecular flexibility index (Phi) is 3.92. The van der Waals surface area contributed by atoms with E-state index in [0.717, 1.165) is 18.9 Å². The van der Waals surface area contributed by atoms with Crippen molar-refractivity contribution in [3.8, 4) is 5.75 Å². The van der Waals surface area contributed by atoms with E-state index in [2.05, 4.69) is 5.32 Å². The second-order valence-corrected chi connectivity index (χ2v) is 6.38. The quantitative estimate of drug-likeness (QED) is 0.648. The van der Waals surface area contributed by atoms with Crippen LogP contribution in [0.4, 0.5) is 10.1 Å². The molecule has 1 amide bonds. The summed E-state index contributed by atoms with van der Waals surface area (Å²) in [6.45, 7) is 0. The number of carbonyl (C=O) groups is 1. The normalized spacial score (nSPS) is 14.3. The van der Waals surface area contributed by atoms with Crippen molar-refractivity contribution in [3.05, 3.63) is 45.4 Å². The van der Waals surface area contributed by atoms with Gasteiger partial charge in [-0.15, -0.1) is 11.3 Å². The number of nitrogens with one attached hydrogen (secondary N) is 1. The molecule has 1 aromatic heterocycles. The zero-order valence-corrected chi connectivity index (χ0v) is 12.3. The number of anilines is 1. The van der Waals surface area contributed by atoms with Crippen molar-refractivity contribution >= 4 is 22.9 Å². The van der Waals surface area contributed by atoms with Gasteiger partial charge < -0.3 is 10.4 Å². The standard InChI is InChI=1S/C16H16FNO2S/c17-12-9-11(6-7-13(12)19)18-16(20)15-8-10-4-2-1-3-5-14(10)21-15/h6-9,19H,1-5H2,(H,18,20). The number of aryl methyl sites for hydroxylation is 2. The highest BCUT2D eigenvalue weighted by atomic mass is 32.1. The zero-order chi connectivity index (χ0) is 14.8. The maximum absolute atomic E-state index is 13.3. The Balaban J connectivity index is 1.77. The molecule has 110 valence electrons. The van der Waals surface area contributed by atoms with Gasteiger partial charge in [-0.1, -0.05) is 6.42 Å². The zero-order valence-electron chi connectivity index (χ0n) is 11.5. The van der Waals surface area contributed by atoms with E-state index in [1.807, 2.05) is 6.07 Å². The number of aromatic hydroxyl groups is 1. The highest BCUT2D eigenvalue weighted by Crippen LogP contribution is 2.29. The molecule has 0 saturated carbocycles. The number of thiophene rings is 1. The van der Waals surface area contributed by atoms with Crippen LogP contribution in [0.2, 0.25) is 0 Å². The Morgan fingerprint density at radius 2 is 2.00 bits per heavy atom. The van der Waals surface area contributed by atoms with Crippen molar-refractivity contribution in [2.24, 2.45) is 0 Å². The maximum atomic E-state index is 13.3. The number of benzene rings is 1. The third-order valence-corrected chi connectivity index (χ3v) is 4.91. The summed E-state index contributed by atoms with van der Waals surface area (Å²) in [5.41, 5.74) is 1.62. The van der Waals surface area contributed by atoms with Gasteiger partial charge in [0.05, 0.1) is 4.88 Å². The molecule has 5 heteroatoms. The lowest BCUT2D eigenvalue weighted by atomic mass is 10.1. The van der Waals surface area contributed by atoms with Crippen molar-refractivity contribution in [2.75, 3.05) is 5.32 Å². The van der Waals surface area contributed by atoms with Crippen LogP contribution in [0.3, 0.4) is 0 Å². The smallest absolute Gasteiger partial charge is 0.265 e. The first-order valence-corrected chi connectivity index (χ1v) is 7.86. The van der Waals surface area contributed by atoms with Gasteiger partial charge in [-0.05, 0) is 49.4 Å². The molecule has 2 N–H and O–H groups in total. The van der Waals surface area contributed by atoms with Crippen LogP contribution in [0.25, 0.3) is 0 Å². The fraction of sp³-hybridized carbons (Fsp3) is 0.312. The highest BCUT2D eigenvalue weighted by molar-refractivity contribution is 7.14. The van der Waals surface area contributed by atoms with Crippen molar-refractivity contribution in [1.29, 1.82) is 0 Å². The minimum absolute atomic E-state index is 0.224. The molecule has 1 aromatic carbocycles. The summed E-state index contributed by atoms with van der Waals surface area (Å²) in [5.74, 6) is -1.39. The Bertz CT molecular complexity index is 657.